The van der Waals surface area contributed by atoms with Crippen molar-refractivity contribution in [2.75, 3.05) is 19.8 Å². The predicted octanol–water partition coefficient (Wildman–Crippen LogP) is 1.29. The summed E-state index contributed by atoms with van der Waals surface area (Å²) in [5, 5.41) is 3.79. The number of rotatable bonds is 3. The van der Waals surface area contributed by atoms with Gasteiger partial charge in [0, 0.05) is 17.1 Å². The highest BCUT2D eigenvalue weighted by molar-refractivity contribution is 6.36. The molecule has 1 rings (SSSR count). The summed E-state index contributed by atoms with van der Waals surface area (Å²) in [7, 11) is 0. The third-order valence-electron chi connectivity index (χ3n) is 1.32. The van der Waals surface area contributed by atoms with Crippen molar-refractivity contribution in [1.82, 2.24) is 5.32 Å². The van der Waals surface area contributed by atoms with Crippen LogP contribution in [-0.4, -0.2) is 25.8 Å². The first-order valence-electron chi connectivity index (χ1n) is 3.09. The highest BCUT2D eigenvalue weighted by Crippen LogP contribution is 2.04. The third-order valence-corrected chi connectivity index (χ3v) is 1.93. The Morgan fingerprint density at radius 1 is 1.70 bits per heavy atom. The predicted molar refractivity (Wildman–Crippen MR) is 42.4 cm³/mol. The van der Waals surface area contributed by atoms with E-state index in [0.717, 1.165) is 13.2 Å². The second-order valence-corrected chi connectivity index (χ2v) is 2.87. The van der Waals surface area contributed by atoms with Crippen LogP contribution in [0, 0.1) is 0 Å². The molecule has 1 aliphatic rings. The van der Waals surface area contributed by atoms with Gasteiger partial charge in [-0.05, 0) is 0 Å². The number of ether oxygens (including phenoxy) is 1. The van der Waals surface area contributed by atoms with Crippen LogP contribution in [0.3, 0.4) is 0 Å². The molecule has 58 valence electrons. The minimum absolute atomic E-state index is 0.463. The van der Waals surface area contributed by atoms with Crippen molar-refractivity contribution in [1.29, 1.82) is 0 Å². The lowest BCUT2D eigenvalue weighted by molar-refractivity contribution is -0.00356. The van der Waals surface area contributed by atoms with E-state index < -0.39 is 0 Å². The fourth-order valence-electron chi connectivity index (χ4n) is 0.634. The van der Waals surface area contributed by atoms with E-state index in [1.165, 1.54) is 5.54 Å². The van der Waals surface area contributed by atoms with Gasteiger partial charge in [-0.3, -0.25) is 0 Å². The normalized spacial score (nSPS) is 20.8. The Kier molecular flexibility index (Phi) is 3.49. The van der Waals surface area contributed by atoms with Crippen LogP contribution < -0.4 is 5.32 Å². The van der Waals surface area contributed by atoms with Crippen LogP contribution in [0.2, 0.25) is 0 Å². The molecule has 10 heavy (non-hydrogen) atoms. The number of halogens is 2. The Labute approximate surface area is 70.1 Å². The first-order valence-corrected chi connectivity index (χ1v) is 3.90. The lowest BCUT2D eigenvalue weighted by atomic mass is 10.2. The van der Waals surface area contributed by atoms with Crippen molar-refractivity contribution in [3.8, 4) is 0 Å². The van der Waals surface area contributed by atoms with Crippen LogP contribution in [0.25, 0.3) is 0 Å². The topological polar surface area (TPSA) is 21.3 Å². The quantitative estimate of drug-likeness (QED) is 0.710. The fourth-order valence-corrected chi connectivity index (χ4v) is 0.788. The first kappa shape index (κ1) is 8.34. The molecule has 0 amide bonds. The first-order chi connectivity index (χ1) is 4.83. The summed E-state index contributed by atoms with van der Waals surface area (Å²) in [6, 6.07) is 0.463. The molecule has 1 aliphatic heterocycles. The van der Waals surface area contributed by atoms with Gasteiger partial charge in [0.1, 0.15) is 0 Å². The maximum Gasteiger partial charge on any atom is 0.0643 e. The van der Waals surface area contributed by atoms with Gasteiger partial charge in [-0.25, -0.2) is 0 Å². The number of nitrogens with one attached hydrogen (secondary N) is 1. The van der Waals surface area contributed by atoms with E-state index in [1.807, 2.05) is 0 Å². The highest BCUT2D eigenvalue weighted by atomic mass is 35.5. The molecule has 0 saturated carbocycles. The molecule has 4 heteroatoms. The van der Waals surface area contributed by atoms with Gasteiger partial charge in [0.25, 0.3) is 0 Å². The highest BCUT2D eigenvalue weighted by Gasteiger charge is 2.16. The molecule has 1 fully saturated rings. The lowest BCUT2D eigenvalue weighted by Crippen LogP contribution is -2.46. The van der Waals surface area contributed by atoms with Gasteiger partial charge in [-0.2, -0.15) is 0 Å². The van der Waals surface area contributed by atoms with Gasteiger partial charge >= 0.3 is 0 Å². The molecule has 0 radical (unpaired) electrons. The molecule has 0 bridgehead atoms. The van der Waals surface area contributed by atoms with Crippen LogP contribution in [0.15, 0.2) is 10.6 Å². The summed E-state index contributed by atoms with van der Waals surface area (Å²) >= 11 is 10.9. The van der Waals surface area contributed by atoms with Crippen LogP contribution in [-0.2, 0) is 4.74 Å². The van der Waals surface area contributed by atoms with E-state index >= 15 is 0 Å². The zero-order chi connectivity index (χ0) is 7.40. The molecule has 1 N–H and O–H groups in total. The maximum atomic E-state index is 5.62. The molecule has 1 heterocycles. The summed E-state index contributed by atoms with van der Waals surface area (Å²) in [5.41, 5.74) is 1.37. The molecule has 0 aliphatic carbocycles. The van der Waals surface area contributed by atoms with Gasteiger partial charge in [0.15, 0.2) is 0 Å². The average molecular weight is 182 g/mol. The van der Waals surface area contributed by atoms with E-state index in [0.29, 0.717) is 17.6 Å². The van der Waals surface area contributed by atoms with Crippen LogP contribution in [0.4, 0.5) is 0 Å². The van der Waals surface area contributed by atoms with E-state index in [2.05, 4.69) is 5.32 Å². The van der Waals surface area contributed by atoms with Gasteiger partial charge in [-0.15, -0.1) is 0 Å². The Bertz CT molecular complexity index is 134. The van der Waals surface area contributed by atoms with Crippen LogP contribution >= 0.6 is 23.2 Å². The smallest absolute Gasteiger partial charge is 0.0643 e. The molecule has 2 nitrogen and oxygen atoms in total. The number of hydrogen-bond acceptors (Lipinski definition) is 2. The fraction of sp³-hybridized carbons (Fsp3) is 0.667. The Hall–Kier alpha value is 0.240. The van der Waals surface area contributed by atoms with E-state index in [1.54, 1.807) is 0 Å². The van der Waals surface area contributed by atoms with E-state index in [4.69, 9.17) is 27.9 Å². The second kappa shape index (κ2) is 4.19. The molecule has 0 aromatic carbocycles. The Morgan fingerprint density at radius 3 is 2.80 bits per heavy atom. The second-order valence-electron chi connectivity index (χ2n) is 2.17. The molecular formula is C6H9Cl2NO. The molecule has 0 atom stereocenters. The monoisotopic (exact) mass is 181 g/mol. The van der Waals surface area contributed by atoms with Crippen LogP contribution in [0.1, 0.15) is 0 Å². The van der Waals surface area contributed by atoms with Crippen molar-refractivity contribution in [2.24, 2.45) is 0 Å². The zero-order valence-electron chi connectivity index (χ0n) is 5.44. The van der Waals surface area contributed by atoms with Gasteiger partial charge in [0.05, 0.1) is 19.3 Å². The summed E-state index contributed by atoms with van der Waals surface area (Å²) in [6.45, 7) is 2.21. The molecule has 1 saturated heterocycles. The summed E-state index contributed by atoms with van der Waals surface area (Å²) < 4.78 is 4.94. The molecule has 0 unspecified atom stereocenters. The van der Waals surface area contributed by atoms with Crippen molar-refractivity contribution in [3.63, 3.8) is 0 Å². The molecule has 0 aromatic heterocycles. The van der Waals surface area contributed by atoms with E-state index in [-0.39, 0.29) is 0 Å². The van der Waals surface area contributed by atoms with Crippen molar-refractivity contribution < 1.29 is 4.74 Å². The van der Waals surface area contributed by atoms with Gasteiger partial charge < -0.3 is 10.1 Å². The minimum atomic E-state index is 0.463. The lowest BCUT2D eigenvalue weighted by Gasteiger charge is -2.26. The summed E-state index contributed by atoms with van der Waals surface area (Å²) in [6.07, 6.45) is 0. The van der Waals surface area contributed by atoms with Crippen molar-refractivity contribution in [2.45, 2.75) is 6.04 Å². The Balaban J connectivity index is 2.04. The van der Waals surface area contributed by atoms with Gasteiger partial charge in [-0.1, -0.05) is 23.2 Å². The summed E-state index contributed by atoms with van der Waals surface area (Å²) in [5.74, 6) is 0. The zero-order valence-corrected chi connectivity index (χ0v) is 6.95. The van der Waals surface area contributed by atoms with Crippen molar-refractivity contribution >= 4 is 23.2 Å². The SMILES string of the molecule is Cl/C=C(/Cl)CNC1COC1. The van der Waals surface area contributed by atoms with E-state index in [9.17, 15) is 0 Å². The molecule has 0 spiro atoms. The standard InChI is InChI=1S/C6H9Cl2NO/c7-1-5(8)2-9-6-3-10-4-6/h1,6,9H,2-4H2/b5-1+. The number of hydrogen-bond donors (Lipinski definition) is 1. The molecular weight excluding hydrogens is 173 g/mol. The average Bonchev–Trinajstić information content (AvgIpc) is 1.84. The Morgan fingerprint density at radius 2 is 2.40 bits per heavy atom. The molecule has 0 aromatic rings. The van der Waals surface area contributed by atoms with Crippen molar-refractivity contribution in [3.05, 3.63) is 10.6 Å². The summed E-state index contributed by atoms with van der Waals surface area (Å²) in [4.78, 5) is 0. The maximum absolute atomic E-state index is 5.62. The largest absolute Gasteiger partial charge is 0.378 e. The third kappa shape index (κ3) is 2.46. The minimum Gasteiger partial charge on any atom is -0.378 e. The van der Waals surface area contributed by atoms with Crippen LogP contribution in [0.5, 0.6) is 0 Å². The van der Waals surface area contributed by atoms with Gasteiger partial charge in [0.2, 0.25) is 0 Å².